The highest BCUT2D eigenvalue weighted by Crippen LogP contribution is 2.40. The molecule has 6 nitrogen and oxygen atoms in total. The molecule has 3 heterocycles. The summed E-state index contributed by atoms with van der Waals surface area (Å²) >= 11 is 0. The maximum Gasteiger partial charge on any atom is 0.257 e. The minimum Gasteiger partial charge on any atom is -0.466 e. The first-order valence-corrected chi connectivity index (χ1v) is 9.19. The quantitative estimate of drug-likeness (QED) is 0.904. The zero-order chi connectivity index (χ0) is 18.0. The lowest BCUT2D eigenvalue weighted by atomic mass is 9.72. The predicted molar refractivity (Wildman–Crippen MR) is 93.3 cm³/mol. The number of rotatable bonds is 4. The minimum absolute atomic E-state index is 0.0493. The van der Waals surface area contributed by atoms with Crippen LogP contribution in [0.15, 0.2) is 10.5 Å². The molecule has 0 radical (unpaired) electrons. The average molecular weight is 348 g/mol. The number of aryl methyl sites for hydroxylation is 2. The molecule has 3 rings (SSSR count). The topological polar surface area (TPSA) is 74.0 Å². The fourth-order valence-electron chi connectivity index (χ4n) is 4.17. The summed E-state index contributed by atoms with van der Waals surface area (Å²) in [6, 6.07) is 1.82. The first kappa shape index (κ1) is 18.0. The Hall–Kier alpha value is -1.82. The molecule has 2 saturated heterocycles. The molecule has 6 heteroatoms. The first-order chi connectivity index (χ1) is 11.9. The Kier molecular flexibility index (Phi) is 5.18. The van der Waals surface area contributed by atoms with E-state index in [4.69, 9.17) is 9.52 Å². The van der Waals surface area contributed by atoms with Gasteiger partial charge in [0.15, 0.2) is 0 Å². The summed E-state index contributed by atoms with van der Waals surface area (Å²) in [5.74, 6) is 1.69. The maximum absolute atomic E-state index is 12.7. The van der Waals surface area contributed by atoms with E-state index in [2.05, 4.69) is 0 Å². The van der Waals surface area contributed by atoms with Gasteiger partial charge in [0.1, 0.15) is 11.5 Å². The van der Waals surface area contributed by atoms with Crippen LogP contribution in [-0.2, 0) is 4.79 Å². The number of carbonyl (C=O) groups excluding carboxylic acids is 2. The molecule has 25 heavy (non-hydrogen) atoms. The Morgan fingerprint density at radius 1 is 1.28 bits per heavy atom. The molecule has 0 bridgehead atoms. The monoisotopic (exact) mass is 348 g/mol. The van der Waals surface area contributed by atoms with Crippen molar-refractivity contribution < 1.29 is 19.1 Å². The molecule has 2 amide bonds. The van der Waals surface area contributed by atoms with Gasteiger partial charge in [-0.25, -0.2) is 0 Å². The van der Waals surface area contributed by atoms with Gasteiger partial charge < -0.3 is 19.3 Å². The SMILES string of the molecule is Cc1cc(C(=O)N2CCC3(CCC(=O)N(CCCO)C3)CC2)c(C)o1. The van der Waals surface area contributed by atoms with Crippen LogP contribution in [0, 0.1) is 19.3 Å². The zero-order valence-corrected chi connectivity index (χ0v) is 15.2. The van der Waals surface area contributed by atoms with Crippen LogP contribution in [0.1, 0.15) is 54.0 Å². The molecule has 0 aromatic carbocycles. The van der Waals surface area contributed by atoms with Crippen molar-refractivity contribution in [2.75, 3.05) is 32.8 Å². The van der Waals surface area contributed by atoms with Crippen LogP contribution in [0.5, 0.6) is 0 Å². The number of aliphatic hydroxyl groups is 1. The lowest BCUT2D eigenvalue weighted by Crippen LogP contribution is -2.52. The van der Waals surface area contributed by atoms with Gasteiger partial charge in [0.25, 0.3) is 5.91 Å². The van der Waals surface area contributed by atoms with E-state index in [1.165, 1.54) is 0 Å². The summed E-state index contributed by atoms with van der Waals surface area (Å²) in [5.41, 5.74) is 0.790. The largest absolute Gasteiger partial charge is 0.466 e. The van der Waals surface area contributed by atoms with Crippen molar-refractivity contribution in [3.05, 3.63) is 23.2 Å². The number of nitrogens with zero attached hydrogens (tertiary/aromatic N) is 2. The second-order valence-electron chi connectivity index (χ2n) is 7.51. The van der Waals surface area contributed by atoms with E-state index < -0.39 is 0 Å². The van der Waals surface area contributed by atoms with Gasteiger partial charge in [-0.05, 0) is 51.0 Å². The number of carbonyl (C=O) groups is 2. The molecular weight excluding hydrogens is 320 g/mol. The van der Waals surface area contributed by atoms with Gasteiger partial charge in [0.2, 0.25) is 5.91 Å². The van der Waals surface area contributed by atoms with Crippen LogP contribution < -0.4 is 0 Å². The van der Waals surface area contributed by atoms with Gasteiger partial charge in [-0.15, -0.1) is 0 Å². The molecule has 0 atom stereocenters. The van der Waals surface area contributed by atoms with Crippen molar-refractivity contribution >= 4 is 11.8 Å². The highest BCUT2D eigenvalue weighted by molar-refractivity contribution is 5.95. The van der Waals surface area contributed by atoms with Gasteiger partial charge in [0, 0.05) is 39.2 Å². The summed E-state index contributed by atoms with van der Waals surface area (Å²) in [5, 5.41) is 9.02. The molecule has 1 aromatic rings. The standard InChI is InChI=1S/C19H28N2O4/c1-14-12-16(15(2)25-14)18(24)20-9-6-19(7-10-20)5-4-17(23)21(13-19)8-3-11-22/h12,22H,3-11,13H2,1-2H3. The number of hydrogen-bond donors (Lipinski definition) is 1. The van der Waals surface area contributed by atoms with Crippen LogP contribution in [0.3, 0.4) is 0 Å². The second kappa shape index (κ2) is 7.20. The van der Waals surface area contributed by atoms with E-state index >= 15 is 0 Å². The van der Waals surface area contributed by atoms with Gasteiger partial charge in [0.05, 0.1) is 5.56 Å². The summed E-state index contributed by atoms with van der Waals surface area (Å²) in [7, 11) is 0. The van der Waals surface area contributed by atoms with Gasteiger partial charge in [-0.2, -0.15) is 0 Å². The average Bonchev–Trinajstić information content (AvgIpc) is 2.94. The Morgan fingerprint density at radius 3 is 2.60 bits per heavy atom. The molecular formula is C19H28N2O4. The fraction of sp³-hybridized carbons (Fsp3) is 0.684. The van der Waals surface area contributed by atoms with Crippen molar-refractivity contribution in [1.82, 2.24) is 9.80 Å². The van der Waals surface area contributed by atoms with Gasteiger partial charge in [-0.3, -0.25) is 9.59 Å². The van der Waals surface area contributed by atoms with E-state index in [0.29, 0.717) is 30.7 Å². The fourth-order valence-corrected chi connectivity index (χ4v) is 4.17. The first-order valence-electron chi connectivity index (χ1n) is 9.19. The Balaban J connectivity index is 1.62. The molecule has 0 saturated carbocycles. The summed E-state index contributed by atoms with van der Waals surface area (Å²) in [6.45, 7) is 6.65. The van der Waals surface area contributed by atoms with Crippen LogP contribution in [0.4, 0.5) is 0 Å². The smallest absolute Gasteiger partial charge is 0.257 e. The van der Waals surface area contributed by atoms with Crippen LogP contribution in [-0.4, -0.2) is 59.5 Å². The molecule has 1 spiro atoms. The number of furan rings is 1. The third-order valence-electron chi connectivity index (χ3n) is 5.72. The summed E-state index contributed by atoms with van der Waals surface area (Å²) in [4.78, 5) is 28.6. The second-order valence-corrected chi connectivity index (χ2v) is 7.51. The highest BCUT2D eigenvalue weighted by atomic mass is 16.3. The van der Waals surface area contributed by atoms with Gasteiger partial charge >= 0.3 is 0 Å². The zero-order valence-electron chi connectivity index (χ0n) is 15.2. The summed E-state index contributed by atoms with van der Waals surface area (Å²) < 4.78 is 5.49. The maximum atomic E-state index is 12.7. The Bertz CT molecular complexity index is 644. The molecule has 2 fully saturated rings. The number of amides is 2. The number of likely N-dealkylation sites (tertiary alicyclic amines) is 2. The van der Waals surface area contributed by atoms with Crippen LogP contribution >= 0.6 is 0 Å². The lowest BCUT2D eigenvalue weighted by molar-refractivity contribution is -0.139. The molecule has 2 aliphatic heterocycles. The summed E-state index contributed by atoms with van der Waals surface area (Å²) in [6.07, 6.45) is 3.98. The van der Waals surface area contributed by atoms with Crippen molar-refractivity contribution in [2.45, 2.75) is 46.0 Å². The molecule has 1 aromatic heterocycles. The lowest BCUT2D eigenvalue weighted by Gasteiger charge is -2.47. The molecule has 138 valence electrons. The minimum atomic E-state index is 0.0493. The van der Waals surface area contributed by atoms with Crippen molar-refractivity contribution in [1.29, 1.82) is 0 Å². The van der Waals surface area contributed by atoms with E-state index in [-0.39, 0.29) is 23.8 Å². The molecule has 2 aliphatic rings. The third kappa shape index (κ3) is 3.73. The predicted octanol–water partition coefficient (Wildman–Crippen LogP) is 2.12. The normalized spacial score (nSPS) is 20.4. The number of piperidine rings is 2. The van der Waals surface area contributed by atoms with E-state index in [1.54, 1.807) is 0 Å². The van der Waals surface area contributed by atoms with E-state index in [0.717, 1.165) is 44.7 Å². The molecule has 0 aliphatic carbocycles. The number of hydrogen-bond acceptors (Lipinski definition) is 4. The number of aliphatic hydroxyl groups excluding tert-OH is 1. The third-order valence-corrected chi connectivity index (χ3v) is 5.72. The van der Waals surface area contributed by atoms with Crippen LogP contribution in [0.25, 0.3) is 0 Å². The Morgan fingerprint density at radius 2 is 2.00 bits per heavy atom. The van der Waals surface area contributed by atoms with Crippen molar-refractivity contribution in [3.8, 4) is 0 Å². The highest BCUT2D eigenvalue weighted by Gasteiger charge is 2.41. The molecule has 1 N–H and O–H groups in total. The van der Waals surface area contributed by atoms with Crippen molar-refractivity contribution in [2.24, 2.45) is 5.41 Å². The Labute approximate surface area is 148 Å². The van der Waals surface area contributed by atoms with Crippen LogP contribution in [0.2, 0.25) is 0 Å². The van der Waals surface area contributed by atoms with E-state index in [1.807, 2.05) is 29.7 Å². The van der Waals surface area contributed by atoms with Gasteiger partial charge in [-0.1, -0.05) is 0 Å². The molecule has 0 unspecified atom stereocenters. The van der Waals surface area contributed by atoms with E-state index in [9.17, 15) is 9.59 Å². The van der Waals surface area contributed by atoms with Crippen molar-refractivity contribution in [3.63, 3.8) is 0 Å².